The smallest absolute Gasteiger partial charge is 0.255 e. The number of hydrogen-bond acceptors (Lipinski definition) is 3. The summed E-state index contributed by atoms with van der Waals surface area (Å²) in [5.41, 5.74) is 6.15. The molecule has 4 N–H and O–H groups in total. The molecule has 1 saturated carbocycles. The predicted molar refractivity (Wildman–Crippen MR) is 121 cm³/mol. The zero-order valence-corrected chi connectivity index (χ0v) is 18.5. The highest BCUT2D eigenvalue weighted by atomic mass is 127. The third-order valence-corrected chi connectivity index (χ3v) is 4.77. The topological polar surface area (TPSA) is 88.7 Å². The quantitative estimate of drug-likeness (QED) is 0.204. The SMILES string of the molecule is CN=C(NCCCCC1CCCC1)NCc1cccc(OCC(N)=O)c1.I. The van der Waals surface area contributed by atoms with E-state index in [1.807, 2.05) is 24.3 Å². The van der Waals surface area contributed by atoms with Crippen molar-refractivity contribution < 1.29 is 9.53 Å². The fourth-order valence-corrected chi connectivity index (χ4v) is 3.37. The molecular weight excluding hydrogens is 455 g/mol. The van der Waals surface area contributed by atoms with Crippen LogP contribution in [0, 0.1) is 5.92 Å². The van der Waals surface area contributed by atoms with Gasteiger partial charge in [-0.25, -0.2) is 0 Å². The molecule has 0 aliphatic heterocycles. The van der Waals surface area contributed by atoms with Gasteiger partial charge in [-0.2, -0.15) is 0 Å². The van der Waals surface area contributed by atoms with E-state index in [-0.39, 0.29) is 30.6 Å². The van der Waals surface area contributed by atoms with Crippen molar-refractivity contribution in [2.75, 3.05) is 20.2 Å². The minimum Gasteiger partial charge on any atom is -0.484 e. The summed E-state index contributed by atoms with van der Waals surface area (Å²) in [6.07, 6.45) is 9.54. The number of benzene rings is 1. The molecule has 152 valence electrons. The Labute approximate surface area is 179 Å². The van der Waals surface area contributed by atoms with Crippen LogP contribution in [-0.2, 0) is 11.3 Å². The molecule has 1 amide bonds. The van der Waals surface area contributed by atoms with E-state index in [0.29, 0.717) is 12.3 Å². The van der Waals surface area contributed by atoms with Gasteiger partial charge in [-0.05, 0) is 30.0 Å². The number of primary amides is 1. The molecule has 1 aromatic carbocycles. The van der Waals surface area contributed by atoms with Crippen LogP contribution in [0.4, 0.5) is 0 Å². The van der Waals surface area contributed by atoms with Gasteiger partial charge in [-0.15, -0.1) is 24.0 Å². The van der Waals surface area contributed by atoms with Crippen LogP contribution in [0.15, 0.2) is 29.3 Å². The minimum absolute atomic E-state index is 0. The maximum absolute atomic E-state index is 10.8. The lowest BCUT2D eigenvalue weighted by molar-refractivity contribution is -0.119. The van der Waals surface area contributed by atoms with Gasteiger partial charge in [-0.1, -0.05) is 50.7 Å². The molecule has 7 heteroatoms. The lowest BCUT2D eigenvalue weighted by Gasteiger charge is -2.13. The highest BCUT2D eigenvalue weighted by molar-refractivity contribution is 14.0. The number of nitrogens with two attached hydrogens (primary N) is 1. The van der Waals surface area contributed by atoms with E-state index in [1.54, 1.807) is 7.05 Å². The molecule has 1 fully saturated rings. The number of amides is 1. The fraction of sp³-hybridized carbons (Fsp3) is 0.600. The van der Waals surface area contributed by atoms with Gasteiger partial charge < -0.3 is 21.1 Å². The number of hydrogen-bond donors (Lipinski definition) is 3. The molecule has 0 aromatic heterocycles. The molecule has 0 atom stereocenters. The Hall–Kier alpha value is -1.51. The van der Waals surface area contributed by atoms with Crippen LogP contribution in [-0.4, -0.2) is 32.1 Å². The third-order valence-electron chi connectivity index (χ3n) is 4.77. The Morgan fingerprint density at radius 3 is 2.74 bits per heavy atom. The number of nitrogens with zero attached hydrogens (tertiary/aromatic N) is 1. The van der Waals surface area contributed by atoms with Crippen molar-refractivity contribution in [3.05, 3.63) is 29.8 Å². The number of guanidine groups is 1. The number of carbonyl (C=O) groups is 1. The van der Waals surface area contributed by atoms with Gasteiger partial charge in [0.15, 0.2) is 12.6 Å². The molecule has 0 spiro atoms. The predicted octanol–water partition coefficient (Wildman–Crippen LogP) is 3.19. The van der Waals surface area contributed by atoms with E-state index in [2.05, 4.69) is 15.6 Å². The molecule has 27 heavy (non-hydrogen) atoms. The minimum atomic E-state index is -0.480. The molecule has 0 heterocycles. The average molecular weight is 488 g/mol. The standard InChI is InChI=1S/C20H32N4O2.HI/c1-22-20(23-12-5-4-9-16-7-2-3-8-16)24-14-17-10-6-11-18(13-17)26-15-19(21)25;/h6,10-11,13,16H,2-5,7-9,12,14-15H2,1H3,(H2,21,25)(H2,22,23,24);1H. The van der Waals surface area contributed by atoms with Crippen molar-refractivity contribution in [1.82, 2.24) is 10.6 Å². The summed E-state index contributed by atoms with van der Waals surface area (Å²) in [4.78, 5) is 15.1. The lowest BCUT2D eigenvalue weighted by atomic mass is 10.0. The van der Waals surface area contributed by atoms with Gasteiger partial charge in [0.1, 0.15) is 5.75 Å². The zero-order chi connectivity index (χ0) is 18.6. The van der Waals surface area contributed by atoms with Crippen LogP contribution in [0.5, 0.6) is 5.75 Å². The largest absolute Gasteiger partial charge is 0.484 e. The van der Waals surface area contributed by atoms with Crippen LogP contribution in [0.1, 0.15) is 50.5 Å². The summed E-state index contributed by atoms with van der Waals surface area (Å²) in [6.45, 7) is 1.46. The summed E-state index contributed by atoms with van der Waals surface area (Å²) >= 11 is 0. The fourth-order valence-electron chi connectivity index (χ4n) is 3.37. The molecule has 6 nitrogen and oxygen atoms in total. The monoisotopic (exact) mass is 488 g/mol. The first-order valence-corrected chi connectivity index (χ1v) is 9.62. The number of ether oxygens (including phenoxy) is 1. The van der Waals surface area contributed by atoms with Crippen molar-refractivity contribution in [2.24, 2.45) is 16.6 Å². The van der Waals surface area contributed by atoms with Gasteiger partial charge >= 0.3 is 0 Å². The molecule has 0 unspecified atom stereocenters. The van der Waals surface area contributed by atoms with Crippen molar-refractivity contribution in [3.63, 3.8) is 0 Å². The second kappa shape index (κ2) is 13.6. The zero-order valence-electron chi connectivity index (χ0n) is 16.2. The molecular formula is C20H33IN4O2. The van der Waals surface area contributed by atoms with Crippen LogP contribution in [0.25, 0.3) is 0 Å². The van der Waals surface area contributed by atoms with Crippen molar-refractivity contribution in [3.8, 4) is 5.75 Å². The van der Waals surface area contributed by atoms with E-state index in [0.717, 1.165) is 24.0 Å². The van der Waals surface area contributed by atoms with Crippen LogP contribution in [0.2, 0.25) is 0 Å². The van der Waals surface area contributed by atoms with Gasteiger partial charge in [-0.3, -0.25) is 9.79 Å². The third kappa shape index (κ3) is 9.83. The van der Waals surface area contributed by atoms with Crippen molar-refractivity contribution in [1.29, 1.82) is 0 Å². The Morgan fingerprint density at radius 2 is 2.04 bits per heavy atom. The maximum atomic E-state index is 10.8. The second-order valence-corrected chi connectivity index (χ2v) is 6.90. The number of rotatable bonds is 10. The highest BCUT2D eigenvalue weighted by Gasteiger charge is 2.13. The van der Waals surface area contributed by atoms with Gasteiger partial charge in [0.2, 0.25) is 0 Å². The first-order valence-electron chi connectivity index (χ1n) is 9.62. The molecule has 0 bridgehead atoms. The lowest BCUT2D eigenvalue weighted by Crippen LogP contribution is -2.37. The summed E-state index contributed by atoms with van der Waals surface area (Å²) < 4.78 is 5.33. The molecule has 1 aliphatic rings. The average Bonchev–Trinajstić information content (AvgIpc) is 3.16. The van der Waals surface area contributed by atoms with E-state index < -0.39 is 5.91 Å². The van der Waals surface area contributed by atoms with Crippen molar-refractivity contribution >= 4 is 35.8 Å². The number of carbonyl (C=O) groups excluding carboxylic acids is 1. The van der Waals surface area contributed by atoms with E-state index >= 15 is 0 Å². The van der Waals surface area contributed by atoms with Crippen LogP contribution < -0.4 is 21.1 Å². The summed E-state index contributed by atoms with van der Waals surface area (Å²) in [6, 6.07) is 7.60. The van der Waals surface area contributed by atoms with E-state index in [9.17, 15) is 4.79 Å². The van der Waals surface area contributed by atoms with Crippen molar-refractivity contribution in [2.45, 2.75) is 51.5 Å². The van der Waals surface area contributed by atoms with Gasteiger partial charge in [0.05, 0.1) is 0 Å². The molecule has 1 aromatic rings. The Kier molecular flexibility index (Phi) is 11.9. The Balaban J connectivity index is 0.00000364. The normalized spacial score (nSPS) is 14.5. The molecule has 2 rings (SSSR count). The summed E-state index contributed by atoms with van der Waals surface area (Å²) in [7, 11) is 1.78. The Bertz CT molecular complexity index is 589. The summed E-state index contributed by atoms with van der Waals surface area (Å²) in [5, 5.41) is 6.67. The number of aliphatic imine (C=N–C) groups is 1. The maximum Gasteiger partial charge on any atom is 0.255 e. The van der Waals surface area contributed by atoms with Crippen LogP contribution in [0.3, 0.4) is 0 Å². The second-order valence-electron chi connectivity index (χ2n) is 6.90. The number of halogens is 1. The number of unbranched alkanes of at least 4 members (excludes halogenated alkanes) is 1. The molecule has 0 radical (unpaired) electrons. The summed E-state index contributed by atoms with van der Waals surface area (Å²) in [5.74, 6) is 1.93. The van der Waals surface area contributed by atoms with Gasteiger partial charge in [0, 0.05) is 20.1 Å². The highest BCUT2D eigenvalue weighted by Crippen LogP contribution is 2.28. The number of nitrogens with one attached hydrogen (secondary N) is 2. The molecule has 1 aliphatic carbocycles. The van der Waals surface area contributed by atoms with E-state index in [4.69, 9.17) is 10.5 Å². The van der Waals surface area contributed by atoms with Crippen LogP contribution >= 0.6 is 24.0 Å². The Morgan fingerprint density at radius 1 is 1.26 bits per heavy atom. The first kappa shape index (κ1) is 23.5. The molecule has 0 saturated heterocycles. The van der Waals surface area contributed by atoms with Gasteiger partial charge in [0.25, 0.3) is 5.91 Å². The first-order chi connectivity index (χ1) is 12.7. The van der Waals surface area contributed by atoms with E-state index in [1.165, 1.54) is 44.9 Å².